The first-order chi connectivity index (χ1) is 9.33. The third kappa shape index (κ3) is 3.92. The van der Waals surface area contributed by atoms with Crippen molar-refractivity contribution < 1.29 is 0 Å². The van der Waals surface area contributed by atoms with E-state index < -0.39 is 0 Å². The van der Waals surface area contributed by atoms with E-state index in [0.29, 0.717) is 5.92 Å². The average molecular weight is 253 g/mol. The lowest BCUT2D eigenvalue weighted by Gasteiger charge is -2.08. The number of rotatable bonds is 6. The Labute approximate surface area is 116 Å². The highest BCUT2D eigenvalue weighted by atomic mass is 14.7. The first kappa shape index (κ1) is 13.8. The molecule has 19 heavy (non-hydrogen) atoms. The first-order valence-corrected chi connectivity index (χ1v) is 7.37. The summed E-state index contributed by atoms with van der Waals surface area (Å²) in [5.74, 6) is 0.688. The lowest BCUT2D eigenvalue weighted by atomic mass is 9.98. The maximum atomic E-state index is 4.67. The van der Waals surface area contributed by atoms with Crippen LogP contribution in [0.1, 0.15) is 45.2 Å². The number of nitrogens with zero attached hydrogens (tertiary/aromatic N) is 1. The Hall–Kier alpha value is -1.63. The van der Waals surface area contributed by atoms with Gasteiger partial charge in [0.05, 0.1) is 11.2 Å². The molecule has 0 radical (unpaired) electrons. The van der Waals surface area contributed by atoms with Gasteiger partial charge in [-0.2, -0.15) is 0 Å². The molecule has 0 saturated carbocycles. The molecule has 1 nitrogen and oxygen atoms in total. The quantitative estimate of drug-likeness (QED) is 0.665. The van der Waals surface area contributed by atoms with Crippen molar-refractivity contribution >= 4 is 17.0 Å². The summed E-state index contributed by atoms with van der Waals surface area (Å²) in [7, 11) is 0. The summed E-state index contributed by atoms with van der Waals surface area (Å²) in [6.45, 7) is 4.51. The Morgan fingerprint density at radius 2 is 1.95 bits per heavy atom. The van der Waals surface area contributed by atoms with Crippen LogP contribution in [0.25, 0.3) is 17.0 Å². The number of hydrogen-bond acceptors (Lipinski definition) is 1. The van der Waals surface area contributed by atoms with Crippen LogP contribution in [0.2, 0.25) is 0 Å². The third-order valence-electron chi connectivity index (χ3n) is 3.61. The van der Waals surface area contributed by atoms with Crippen LogP contribution >= 0.6 is 0 Å². The van der Waals surface area contributed by atoms with E-state index in [1.807, 2.05) is 6.07 Å². The number of aromatic nitrogens is 1. The highest BCUT2D eigenvalue weighted by molar-refractivity contribution is 5.79. The summed E-state index contributed by atoms with van der Waals surface area (Å²) >= 11 is 0. The molecule has 0 fully saturated rings. The third-order valence-corrected chi connectivity index (χ3v) is 3.61. The largest absolute Gasteiger partial charge is 0.248 e. The van der Waals surface area contributed by atoms with Gasteiger partial charge in [-0.05, 0) is 37.0 Å². The Balaban J connectivity index is 2.11. The summed E-state index contributed by atoms with van der Waals surface area (Å²) in [4.78, 5) is 4.67. The number of fused-ring (bicyclic) bond motifs is 1. The van der Waals surface area contributed by atoms with Crippen molar-refractivity contribution in [2.75, 3.05) is 0 Å². The number of allylic oxidation sites excluding steroid dienone is 1. The van der Waals surface area contributed by atoms with E-state index in [2.05, 4.69) is 61.3 Å². The lowest BCUT2D eigenvalue weighted by molar-refractivity contribution is 0.542. The molecule has 1 unspecified atom stereocenters. The lowest BCUT2D eigenvalue weighted by Crippen LogP contribution is -1.94. The normalized spacial score (nSPS) is 13.2. The van der Waals surface area contributed by atoms with Gasteiger partial charge in [0.25, 0.3) is 0 Å². The van der Waals surface area contributed by atoms with Crippen LogP contribution in [0.3, 0.4) is 0 Å². The Morgan fingerprint density at radius 3 is 2.74 bits per heavy atom. The summed E-state index contributed by atoms with van der Waals surface area (Å²) < 4.78 is 0. The Kier molecular flexibility index (Phi) is 5.14. The van der Waals surface area contributed by atoms with E-state index in [0.717, 1.165) is 11.2 Å². The zero-order chi connectivity index (χ0) is 13.5. The zero-order valence-corrected chi connectivity index (χ0v) is 12.0. The molecule has 1 aromatic heterocycles. The maximum Gasteiger partial charge on any atom is 0.0709 e. The highest BCUT2D eigenvalue weighted by Gasteiger charge is 2.01. The molecule has 1 atom stereocenters. The van der Waals surface area contributed by atoms with E-state index in [9.17, 15) is 0 Å². The van der Waals surface area contributed by atoms with E-state index in [-0.39, 0.29) is 0 Å². The molecule has 0 bridgehead atoms. The van der Waals surface area contributed by atoms with Gasteiger partial charge in [0, 0.05) is 5.39 Å². The Morgan fingerprint density at radius 1 is 1.11 bits per heavy atom. The number of unbranched alkanes of at least 4 members (excludes halogenated alkanes) is 1. The number of hydrogen-bond donors (Lipinski definition) is 0. The van der Waals surface area contributed by atoms with Crippen molar-refractivity contribution in [1.29, 1.82) is 0 Å². The van der Waals surface area contributed by atoms with Gasteiger partial charge in [-0.1, -0.05) is 57.0 Å². The molecule has 1 aromatic carbocycles. The molecule has 100 valence electrons. The van der Waals surface area contributed by atoms with E-state index in [1.54, 1.807) is 0 Å². The average Bonchev–Trinajstić information content (AvgIpc) is 2.47. The fourth-order valence-electron chi connectivity index (χ4n) is 2.31. The molecule has 1 heterocycles. The smallest absolute Gasteiger partial charge is 0.0709 e. The van der Waals surface area contributed by atoms with Gasteiger partial charge in [0.15, 0.2) is 0 Å². The molecule has 0 aliphatic rings. The topological polar surface area (TPSA) is 12.9 Å². The molecular weight excluding hydrogens is 230 g/mol. The fraction of sp³-hybridized carbons (Fsp3) is 0.389. The van der Waals surface area contributed by atoms with Gasteiger partial charge in [-0.3, -0.25) is 0 Å². The maximum absolute atomic E-state index is 4.67. The van der Waals surface area contributed by atoms with Crippen molar-refractivity contribution in [3.63, 3.8) is 0 Å². The summed E-state index contributed by atoms with van der Waals surface area (Å²) in [6, 6.07) is 12.5. The van der Waals surface area contributed by atoms with Crippen molar-refractivity contribution in [2.45, 2.75) is 39.5 Å². The van der Waals surface area contributed by atoms with Crippen molar-refractivity contribution in [3.8, 4) is 0 Å². The molecule has 1 heteroatoms. The number of pyridine rings is 1. The van der Waals surface area contributed by atoms with E-state index in [4.69, 9.17) is 0 Å². The molecule has 0 spiro atoms. The van der Waals surface area contributed by atoms with Crippen LogP contribution in [0.15, 0.2) is 42.5 Å². The molecular formula is C18H23N. The van der Waals surface area contributed by atoms with Crippen molar-refractivity contribution in [2.24, 2.45) is 5.92 Å². The molecule has 0 aliphatic heterocycles. The molecule has 2 rings (SSSR count). The number of benzene rings is 1. The molecule has 0 aliphatic carbocycles. The SMILES string of the molecule is CCCCC(/C=C/c1ccc2ccccc2n1)CC. The van der Waals surface area contributed by atoms with Crippen LogP contribution in [0, 0.1) is 5.92 Å². The molecule has 0 amide bonds. The highest BCUT2D eigenvalue weighted by Crippen LogP contribution is 2.17. The van der Waals surface area contributed by atoms with Crippen LogP contribution in [-0.2, 0) is 0 Å². The minimum atomic E-state index is 0.688. The van der Waals surface area contributed by atoms with Gasteiger partial charge >= 0.3 is 0 Å². The predicted molar refractivity (Wildman–Crippen MR) is 84.1 cm³/mol. The summed E-state index contributed by atoms with van der Waals surface area (Å²) in [5.41, 5.74) is 2.14. The zero-order valence-electron chi connectivity index (χ0n) is 12.0. The molecule has 0 N–H and O–H groups in total. The van der Waals surface area contributed by atoms with Crippen LogP contribution < -0.4 is 0 Å². The van der Waals surface area contributed by atoms with Gasteiger partial charge in [-0.15, -0.1) is 0 Å². The van der Waals surface area contributed by atoms with Gasteiger partial charge < -0.3 is 0 Å². The van der Waals surface area contributed by atoms with Gasteiger partial charge in [-0.25, -0.2) is 4.98 Å². The predicted octanol–water partition coefficient (Wildman–Crippen LogP) is 5.46. The number of para-hydroxylation sites is 1. The second kappa shape index (κ2) is 7.08. The van der Waals surface area contributed by atoms with Crippen LogP contribution in [0.4, 0.5) is 0 Å². The first-order valence-electron chi connectivity index (χ1n) is 7.37. The molecule has 0 saturated heterocycles. The van der Waals surface area contributed by atoms with Crippen molar-refractivity contribution in [3.05, 3.63) is 48.2 Å². The van der Waals surface area contributed by atoms with Crippen LogP contribution in [0.5, 0.6) is 0 Å². The monoisotopic (exact) mass is 253 g/mol. The van der Waals surface area contributed by atoms with E-state index in [1.165, 1.54) is 31.1 Å². The second-order valence-corrected chi connectivity index (χ2v) is 5.10. The second-order valence-electron chi connectivity index (χ2n) is 5.10. The molecule has 2 aromatic rings. The summed E-state index contributed by atoms with van der Waals surface area (Å²) in [5, 5.41) is 1.21. The minimum absolute atomic E-state index is 0.688. The van der Waals surface area contributed by atoms with Crippen LogP contribution in [-0.4, -0.2) is 4.98 Å². The minimum Gasteiger partial charge on any atom is -0.248 e. The van der Waals surface area contributed by atoms with Gasteiger partial charge in [0.2, 0.25) is 0 Å². The fourth-order valence-corrected chi connectivity index (χ4v) is 2.31. The van der Waals surface area contributed by atoms with E-state index >= 15 is 0 Å². The van der Waals surface area contributed by atoms with Crippen molar-refractivity contribution in [1.82, 2.24) is 4.98 Å². The summed E-state index contributed by atoms with van der Waals surface area (Å²) in [6.07, 6.45) is 9.59. The van der Waals surface area contributed by atoms with Gasteiger partial charge in [0.1, 0.15) is 0 Å². The standard InChI is InChI=1S/C18H23N/c1-3-5-8-15(4-2)11-13-17-14-12-16-9-6-7-10-18(16)19-17/h6-7,9-15H,3-5,8H2,1-2H3/b13-11+. The Bertz CT molecular complexity index is 542.